The second kappa shape index (κ2) is 9.39. The van der Waals surface area contributed by atoms with Crippen LogP contribution >= 0.6 is 0 Å². The van der Waals surface area contributed by atoms with E-state index in [4.69, 9.17) is 14.2 Å². The van der Waals surface area contributed by atoms with Gasteiger partial charge in [-0.1, -0.05) is 6.07 Å². The Hall–Kier alpha value is -4.13. The highest BCUT2D eigenvalue weighted by atomic mass is 16.7. The smallest absolute Gasteiger partial charge is 0.231 e. The molecule has 1 fully saturated rings. The largest absolute Gasteiger partial charge is 0.454 e. The molecular formula is C28H25N3O6. The van der Waals surface area contributed by atoms with Crippen LogP contribution in [0.25, 0.3) is 21.5 Å². The number of fused-ring (bicyclic) bond motifs is 5. The van der Waals surface area contributed by atoms with E-state index in [1.54, 1.807) is 18.2 Å². The lowest BCUT2D eigenvalue weighted by atomic mass is 10.1. The van der Waals surface area contributed by atoms with Gasteiger partial charge in [0, 0.05) is 60.2 Å². The highest BCUT2D eigenvalue weighted by molar-refractivity contribution is 5.98. The van der Waals surface area contributed by atoms with Gasteiger partial charge in [-0.2, -0.15) is 0 Å². The van der Waals surface area contributed by atoms with Gasteiger partial charge in [0.25, 0.3) is 0 Å². The highest BCUT2D eigenvalue weighted by Crippen LogP contribution is 2.36. The fraction of sp³-hybridized carbons (Fsp3) is 0.321. The molecule has 0 atom stereocenters. The first-order chi connectivity index (χ1) is 18.1. The predicted molar refractivity (Wildman–Crippen MR) is 136 cm³/mol. The number of amides is 1. The zero-order chi connectivity index (χ0) is 25.5. The number of benzene rings is 2. The predicted octanol–water partition coefficient (Wildman–Crippen LogP) is 0.935. The average molecular weight is 500 g/mol. The topological polar surface area (TPSA) is 99.1 Å². The van der Waals surface area contributed by atoms with Crippen molar-refractivity contribution in [3.8, 4) is 11.5 Å². The van der Waals surface area contributed by atoms with E-state index in [2.05, 4.69) is 22.1 Å². The molecule has 6 rings (SSSR count). The SMILES string of the molecule is CC(=O)Nc1ccc2c3c(=C=O)c4cc5c(cc4c=3n(CCCN3CCOCC3)c(=C=O)c2c1)OCO5. The zero-order valence-electron chi connectivity index (χ0n) is 20.4. The Morgan fingerprint density at radius 3 is 2.41 bits per heavy atom. The lowest BCUT2D eigenvalue weighted by Gasteiger charge is -2.26. The first kappa shape index (κ1) is 23.3. The maximum atomic E-state index is 12.5. The molecular weight excluding hydrogens is 474 g/mol. The van der Waals surface area contributed by atoms with Gasteiger partial charge in [-0.3, -0.25) is 9.69 Å². The molecule has 3 aliphatic heterocycles. The van der Waals surface area contributed by atoms with Crippen LogP contribution in [0, 0.1) is 10.6 Å². The summed E-state index contributed by atoms with van der Waals surface area (Å²) < 4.78 is 18.6. The summed E-state index contributed by atoms with van der Waals surface area (Å²) >= 11 is 0. The number of hydrogen-bond donors (Lipinski definition) is 1. The lowest BCUT2D eigenvalue weighted by Crippen LogP contribution is -2.37. The van der Waals surface area contributed by atoms with E-state index in [0.717, 1.165) is 36.8 Å². The standard InChI is InChI=1S/C28H25N3O6/c1-17(34)29-18-3-4-19-21(11-18)24(15-33)31(6-2-5-30-7-9-35-10-8-30)28-22-13-26-25(36-16-37-26)12-20(22)23(14-32)27(19)28/h3-4,11-13H,2,5-10,16H2,1H3,(H,29,34). The molecule has 2 aromatic rings. The van der Waals surface area contributed by atoms with Crippen molar-refractivity contribution in [3.05, 3.63) is 51.5 Å². The summed E-state index contributed by atoms with van der Waals surface area (Å²) in [6, 6.07) is 9.01. The molecule has 1 amide bonds. The summed E-state index contributed by atoms with van der Waals surface area (Å²) in [7, 11) is 0. The quantitative estimate of drug-likeness (QED) is 0.436. The number of anilines is 1. The first-order valence-corrected chi connectivity index (χ1v) is 12.3. The van der Waals surface area contributed by atoms with Crippen molar-refractivity contribution in [3.63, 3.8) is 0 Å². The van der Waals surface area contributed by atoms with Gasteiger partial charge in [0.15, 0.2) is 17.4 Å². The molecule has 0 saturated carbocycles. The third-order valence-electron chi connectivity index (χ3n) is 7.09. The molecule has 1 aliphatic carbocycles. The van der Waals surface area contributed by atoms with E-state index in [-0.39, 0.29) is 12.7 Å². The molecule has 188 valence electrons. The van der Waals surface area contributed by atoms with Crippen molar-refractivity contribution >= 4 is 45.0 Å². The Balaban J connectivity index is 1.66. The molecule has 0 radical (unpaired) electrons. The minimum absolute atomic E-state index is 0.113. The Kier molecular flexibility index (Phi) is 5.91. The van der Waals surface area contributed by atoms with Crippen LogP contribution < -0.4 is 25.4 Å². The zero-order valence-corrected chi connectivity index (χ0v) is 20.4. The van der Waals surface area contributed by atoms with Crippen molar-refractivity contribution in [1.82, 2.24) is 9.47 Å². The Morgan fingerprint density at radius 2 is 1.70 bits per heavy atom. The minimum Gasteiger partial charge on any atom is -0.454 e. The maximum Gasteiger partial charge on any atom is 0.231 e. The van der Waals surface area contributed by atoms with Crippen molar-refractivity contribution in [2.75, 3.05) is 45.0 Å². The molecule has 4 aliphatic rings. The summed E-state index contributed by atoms with van der Waals surface area (Å²) in [5.41, 5.74) is 0.559. The number of rotatable bonds is 5. The summed E-state index contributed by atoms with van der Waals surface area (Å²) in [5, 5.41) is 7.78. The van der Waals surface area contributed by atoms with Crippen LogP contribution in [0.3, 0.4) is 0 Å². The van der Waals surface area contributed by atoms with Gasteiger partial charge >= 0.3 is 0 Å². The number of nitrogens with one attached hydrogen (secondary N) is 1. The normalized spacial score (nSPS) is 15.3. The second-order valence-electron chi connectivity index (χ2n) is 9.30. The van der Waals surface area contributed by atoms with E-state index >= 15 is 0 Å². The minimum atomic E-state index is -0.217. The van der Waals surface area contributed by atoms with Crippen LogP contribution in [0.1, 0.15) is 13.3 Å². The van der Waals surface area contributed by atoms with Gasteiger partial charge in [0.05, 0.1) is 23.8 Å². The number of aromatic nitrogens is 1. The molecule has 1 N–H and O–H groups in total. The fourth-order valence-electron chi connectivity index (χ4n) is 5.49. The van der Waals surface area contributed by atoms with E-state index < -0.39 is 0 Å². The number of carbonyl (C=O) groups is 1. The van der Waals surface area contributed by atoms with E-state index in [1.807, 2.05) is 16.7 Å². The molecule has 9 nitrogen and oxygen atoms in total. The monoisotopic (exact) mass is 499 g/mol. The lowest BCUT2D eigenvalue weighted by molar-refractivity contribution is -0.114. The van der Waals surface area contributed by atoms with Crippen molar-refractivity contribution in [2.45, 2.75) is 19.9 Å². The average Bonchev–Trinajstić information content (AvgIpc) is 3.49. The molecule has 37 heavy (non-hydrogen) atoms. The van der Waals surface area contributed by atoms with E-state index in [0.29, 0.717) is 68.9 Å². The summed E-state index contributed by atoms with van der Waals surface area (Å²) in [5.74, 6) is 5.24. The molecule has 3 heterocycles. The van der Waals surface area contributed by atoms with Crippen LogP contribution in [0.15, 0.2) is 30.3 Å². The van der Waals surface area contributed by atoms with Crippen molar-refractivity contribution in [1.29, 1.82) is 0 Å². The van der Waals surface area contributed by atoms with Crippen LogP contribution in [-0.4, -0.2) is 66.9 Å². The molecule has 9 heteroatoms. The van der Waals surface area contributed by atoms with E-state index in [9.17, 15) is 14.4 Å². The highest BCUT2D eigenvalue weighted by Gasteiger charge is 2.21. The number of nitrogens with zero attached hydrogens (tertiary/aromatic N) is 2. The molecule has 1 saturated heterocycles. The fourth-order valence-corrected chi connectivity index (χ4v) is 5.49. The maximum absolute atomic E-state index is 12.5. The summed E-state index contributed by atoms with van der Waals surface area (Å²) in [4.78, 5) is 38.9. The third-order valence-corrected chi connectivity index (χ3v) is 7.09. The number of morpholine rings is 1. The molecule has 0 spiro atoms. The Labute approximate surface area is 211 Å². The summed E-state index contributed by atoms with van der Waals surface area (Å²) in [6.07, 6.45) is 0.780. The molecule has 0 unspecified atom stereocenters. The number of ether oxygens (including phenoxy) is 3. The van der Waals surface area contributed by atoms with Gasteiger partial charge in [0.2, 0.25) is 12.7 Å². The first-order valence-electron chi connectivity index (χ1n) is 12.3. The van der Waals surface area contributed by atoms with Gasteiger partial charge < -0.3 is 24.1 Å². The van der Waals surface area contributed by atoms with Crippen LogP contribution in [0.2, 0.25) is 0 Å². The molecule has 2 aromatic carbocycles. The van der Waals surface area contributed by atoms with E-state index in [1.165, 1.54) is 6.92 Å². The second-order valence-corrected chi connectivity index (χ2v) is 9.30. The van der Waals surface area contributed by atoms with Gasteiger partial charge in [-0.15, -0.1) is 0 Å². The van der Waals surface area contributed by atoms with Crippen LogP contribution in [-0.2, 0) is 25.7 Å². The summed E-state index contributed by atoms with van der Waals surface area (Å²) in [6.45, 7) is 6.09. The Morgan fingerprint density at radius 1 is 0.946 bits per heavy atom. The van der Waals surface area contributed by atoms with Crippen LogP contribution in [0.4, 0.5) is 5.69 Å². The third kappa shape index (κ3) is 3.95. The van der Waals surface area contributed by atoms with Gasteiger partial charge in [-0.25, -0.2) is 9.59 Å². The van der Waals surface area contributed by atoms with Gasteiger partial charge in [0.1, 0.15) is 11.3 Å². The van der Waals surface area contributed by atoms with Crippen molar-refractivity contribution in [2.24, 2.45) is 0 Å². The number of carbonyl (C=O) groups excluding carboxylic acids is 3. The Bertz CT molecular complexity index is 1790. The van der Waals surface area contributed by atoms with Gasteiger partial charge in [-0.05, 0) is 36.1 Å². The number of hydrogen-bond acceptors (Lipinski definition) is 7. The van der Waals surface area contributed by atoms with Crippen LogP contribution in [0.5, 0.6) is 11.5 Å². The van der Waals surface area contributed by atoms with Crippen molar-refractivity contribution < 1.29 is 28.6 Å². The molecule has 0 aromatic heterocycles. The molecule has 0 bridgehead atoms.